The van der Waals surface area contributed by atoms with Crippen molar-refractivity contribution in [1.82, 2.24) is 19.8 Å². The molecule has 2 heterocycles. The average molecular weight is 559 g/mol. The van der Waals surface area contributed by atoms with Crippen LogP contribution < -0.4 is 16.0 Å². The Kier molecular flexibility index (Phi) is 8.51. The summed E-state index contributed by atoms with van der Waals surface area (Å²) in [5.74, 6) is -1.78. The van der Waals surface area contributed by atoms with Crippen LogP contribution >= 0.6 is 11.6 Å². The average Bonchev–Trinajstić information content (AvgIpc) is 2.88. The first kappa shape index (κ1) is 28.1. The van der Waals surface area contributed by atoms with E-state index in [1.54, 1.807) is 17.0 Å². The standard InChI is InChI=1S/C27H28ClFN4O6/c1-15-12-33(16(2)11-32(15)13-17-3-6-19(29)7-4-17)24(35)14-39-23-8-5-18(28)9-20(23)22(34)10-21-25(36)30-27(38)31-26(21)37/h3-9,15-16H,10-14H2,1-2H3,(H3,30,31,36,37,38)/t15-,16+/m0/s1. The molecular formula is C27H28ClFN4O6. The van der Waals surface area contributed by atoms with Gasteiger partial charge in [0.25, 0.3) is 11.5 Å². The van der Waals surface area contributed by atoms with Crippen LogP contribution in [0.2, 0.25) is 5.02 Å². The molecule has 2 atom stereocenters. The van der Waals surface area contributed by atoms with Crippen LogP contribution in [0.3, 0.4) is 0 Å². The van der Waals surface area contributed by atoms with Crippen LogP contribution in [0, 0.1) is 5.82 Å². The molecule has 0 spiro atoms. The first-order valence-electron chi connectivity index (χ1n) is 12.3. The van der Waals surface area contributed by atoms with Gasteiger partial charge in [0.05, 0.1) is 11.1 Å². The number of ketones is 1. The fraction of sp³-hybridized carbons (Fsp3) is 0.333. The van der Waals surface area contributed by atoms with Crippen molar-refractivity contribution < 1.29 is 23.8 Å². The first-order chi connectivity index (χ1) is 18.5. The summed E-state index contributed by atoms with van der Waals surface area (Å²) in [6.07, 6.45) is -0.535. The van der Waals surface area contributed by atoms with Crippen LogP contribution in [0.4, 0.5) is 4.39 Å². The predicted molar refractivity (Wildman–Crippen MR) is 142 cm³/mol. The number of nitrogens with zero attached hydrogens (tertiary/aromatic N) is 2. The lowest BCUT2D eigenvalue weighted by molar-refractivity contribution is -0.139. The topological polar surface area (TPSA) is 136 Å². The number of hydrogen-bond acceptors (Lipinski definition) is 7. The van der Waals surface area contributed by atoms with Gasteiger partial charge in [-0.1, -0.05) is 23.7 Å². The second kappa shape index (κ2) is 11.8. The van der Waals surface area contributed by atoms with Gasteiger partial charge < -0.3 is 14.7 Å². The number of nitrogens with one attached hydrogen (secondary N) is 2. The first-order valence-corrected chi connectivity index (χ1v) is 12.7. The maximum atomic E-state index is 13.2. The van der Waals surface area contributed by atoms with Gasteiger partial charge in [-0.3, -0.25) is 29.3 Å². The van der Waals surface area contributed by atoms with Crippen molar-refractivity contribution in [3.05, 3.63) is 90.8 Å². The molecule has 0 saturated carbocycles. The van der Waals surface area contributed by atoms with E-state index in [0.29, 0.717) is 19.6 Å². The smallest absolute Gasteiger partial charge is 0.328 e. The van der Waals surface area contributed by atoms with E-state index >= 15 is 0 Å². The number of piperazine rings is 1. The third kappa shape index (κ3) is 6.73. The SMILES string of the molecule is C[C@@H]1CN(Cc2ccc(F)cc2)[C@@H](C)CN1C(=O)COc1ccc(Cl)cc1C(=O)Cc1c(O)[nH]c(=O)[nH]c1=O. The van der Waals surface area contributed by atoms with E-state index in [9.17, 15) is 28.7 Å². The summed E-state index contributed by atoms with van der Waals surface area (Å²) in [5.41, 5.74) is -1.12. The molecule has 10 nitrogen and oxygen atoms in total. The number of hydrogen-bond donors (Lipinski definition) is 3. The van der Waals surface area contributed by atoms with Gasteiger partial charge in [0.15, 0.2) is 12.4 Å². The van der Waals surface area contributed by atoms with Gasteiger partial charge in [0.2, 0.25) is 5.88 Å². The summed E-state index contributed by atoms with van der Waals surface area (Å²) in [6, 6.07) is 10.6. The molecule has 4 rings (SSSR count). The fourth-order valence-corrected chi connectivity index (χ4v) is 4.75. The van der Waals surface area contributed by atoms with E-state index in [2.05, 4.69) is 4.90 Å². The summed E-state index contributed by atoms with van der Waals surface area (Å²) in [6.45, 7) is 5.33. The second-order valence-electron chi connectivity index (χ2n) is 9.56. The van der Waals surface area contributed by atoms with Crippen molar-refractivity contribution in [2.24, 2.45) is 0 Å². The molecule has 1 aliphatic rings. The number of H-pyrrole nitrogens is 2. The van der Waals surface area contributed by atoms with Crippen molar-refractivity contribution in [2.75, 3.05) is 19.7 Å². The lowest BCUT2D eigenvalue weighted by atomic mass is 10.0. The Labute approximate surface area is 228 Å². The number of aromatic hydroxyl groups is 1. The summed E-state index contributed by atoms with van der Waals surface area (Å²) >= 11 is 6.08. The number of halogens is 2. The molecular weight excluding hydrogens is 531 g/mol. The summed E-state index contributed by atoms with van der Waals surface area (Å²) < 4.78 is 19.0. The molecule has 0 radical (unpaired) electrons. The molecule has 39 heavy (non-hydrogen) atoms. The number of Topliss-reactive ketones (excluding diaryl/α,β-unsaturated/α-hetero) is 1. The molecule has 3 N–H and O–H groups in total. The second-order valence-corrected chi connectivity index (χ2v) is 10.0. The number of rotatable bonds is 8. The third-order valence-electron chi connectivity index (χ3n) is 6.68. The van der Waals surface area contributed by atoms with Gasteiger partial charge in [0, 0.05) is 43.2 Å². The van der Waals surface area contributed by atoms with Crippen LogP contribution in [0.25, 0.3) is 0 Å². The highest BCUT2D eigenvalue weighted by molar-refractivity contribution is 6.31. The number of carbonyl (C=O) groups excluding carboxylic acids is 2. The van der Waals surface area contributed by atoms with Crippen LogP contribution in [0.5, 0.6) is 11.6 Å². The van der Waals surface area contributed by atoms with Crippen molar-refractivity contribution in [2.45, 2.75) is 38.9 Å². The highest BCUT2D eigenvalue weighted by Crippen LogP contribution is 2.26. The minimum absolute atomic E-state index is 0.0193. The van der Waals surface area contributed by atoms with Crippen molar-refractivity contribution in [3.8, 4) is 11.6 Å². The zero-order valence-corrected chi connectivity index (χ0v) is 22.1. The number of aromatic amines is 2. The molecule has 1 aromatic heterocycles. The van der Waals surface area contributed by atoms with E-state index in [0.717, 1.165) is 5.56 Å². The summed E-state index contributed by atoms with van der Waals surface area (Å²) in [4.78, 5) is 57.4. The van der Waals surface area contributed by atoms with Crippen LogP contribution in [-0.2, 0) is 17.8 Å². The van der Waals surface area contributed by atoms with Crippen LogP contribution in [0.15, 0.2) is 52.1 Å². The van der Waals surface area contributed by atoms with Crippen molar-refractivity contribution >= 4 is 23.3 Å². The van der Waals surface area contributed by atoms with E-state index in [1.165, 1.54) is 30.3 Å². The normalized spacial score (nSPS) is 17.7. The van der Waals surface area contributed by atoms with Crippen LogP contribution in [0.1, 0.15) is 35.3 Å². The minimum atomic E-state index is -0.904. The van der Waals surface area contributed by atoms with E-state index in [1.807, 2.05) is 23.8 Å². The predicted octanol–water partition coefficient (Wildman–Crippen LogP) is 2.49. The van der Waals surface area contributed by atoms with Gasteiger partial charge in [-0.2, -0.15) is 0 Å². The van der Waals surface area contributed by atoms with Gasteiger partial charge in [-0.15, -0.1) is 0 Å². The third-order valence-corrected chi connectivity index (χ3v) is 6.92. The number of ether oxygens (including phenoxy) is 1. The van der Waals surface area contributed by atoms with Gasteiger partial charge >= 0.3 is 5.69 Å². The highest BCUT2D eigenvalue weighted by atomic mass is 35.5. The van der Waals surface area contributed by atoms with E-state index in [4.69, 9.17) is 16.3 Å². The van der Waals surface area contributed by atoms with Crippen molar-refractivity contribution in [1.29, 1.82) is 0 Å². The van der Waals surface area contributed by atoms with E-state index < -0.39 is 29.3 Å². The quantitative estimate of drug-likeness (QED) is 0.361. The zero-order valence-electron chi connectivity index (χ0n) is 21.4. The fourth-order valence-electron chi connectivity index (χ4n) is 4.58. The summed E-state index contributed by atoms with van der Waals surface area (Å²) in [5, 5.41) is 10.1. The number of amides is 1. The largest absolute Gasteiger partial charge is 0.494 e. The molecule has 1 aliphatic heterocycles. The zero-order chi connectivity index (χ0) is 28.3. The molecule has 0 unspecified atom stereocenters. The van der Waals surface area contributed by atoms with Gasteiger partial charge in [-0.05, 0) is 49.7 Å². The summed E-state index contributed by atoms with van der Waals surface area (Å²) in [7, 11) is 0. The molecule has 12 heteroatoms. The number of aromatic nitrogens is 2. The lowest BCUT2D eigenvalue weighted by Crippen LogP contribution is -2.58. The Morgan fingerprint density at radius 1 is 1.08 bits per heavy atom. The van der Waals surface area contributed by atoms with E-state index in [-0.39, 0.29) is 52.3 Å². The monoisotopic (exact) mass is 558 g/mol. The maximum Gasteiger partial charge on any atom is 0.328 e. The molecule has 3 aromatic rings. The Hall–Kier alpha value is -3.96. The Morgan fingerprint density at radius 2 is 1.79 bits per heavy atom. The Balaban J connectivity index is 1.42. The Morgan fingerprint density at radius 3 is 2.49 bits per heavy atom. The van der Waals surface area contributed by atoms with Gasteiger partial charge in [0.1, 0.15) is 11.6 Å². The number of carbonyl (C=O) groups is 2. The molecule has 2 aromatic carbocycles. The molecule has 1 saturated heterocycles. The minimum Gasteiger partial charge on any atom is -0.494 e. The Bertz CT molecular complexity index is 1490. The molecule has 0 aliphatic carbocycles. The molecule has 1 amide bonds. The van der Waals surface area contributed by atoms with Gasteiger partial charge in [-0.25, -0.2) is 9.18 Å². The maximum absolute atomic E-state index is 13.2. The molecule has 1 fully saturated rings. The lowest BCUT2D eigenvalue weighted by Gasteiger charge is -2.44. The van der Waals surface area contributed by atoms with Crippen molar-refractivity contribution in [3.63, 3.8) is 0 Å². The molecule has 206 valence electrons. The molecule has 0 bridgehead atoms. The number of benzene rings is 2. The highest BCUT2D eigenvalue weighted by Gasteiger charge is 2.32. The van der Waals surface area contributed by atoms with Crippen LogP contribution in [-0.4, -0.2) is 68.3 Å².